The van der Waals surface area contributed by atoms with Gasteiger partial charge >= 0.3 is 5.69 Å². The van der Waals surface area contributed by atoms with Gasteiger partial charge in [-0.15, -0.1) is 0 Å². The van der Waals surface area contributed by atoms with Gasteiger partial charge in [0.2, 0.25) is 5.82 Å². The molecule has 0 saturated carbocycles. The lowest BCUT2D eigenvalue weighted by molar-refractivity contribution is -0.384. The van der Waals surface area contributed by atoms with Crippen LogP contribution in [0.25, 0.3) is 0 Å². The molecule has 0 fully saturated rings. The minimum absolute atomic E-state index is 0.00878. The summed E-state index contributed by atoms with van der Waals surface area (Å²) in [6, 6.07) is 7.60. The highest BCUT2D eigenvalue weighted by Gasteiger charge is 2.18. The molecule has 0 unspecified atom stereocenters. The summed E-state index contributed by atoms with van der Waals surface area (Å²) in [7, 11) is 0. The van der Waals surface area contributed by atoms with Gasteiger partial charge in [0.25, 0.3) is 5.76 Å². The Morgan fingerprint density at radius 3 is 2.76 bits per heavy atom. The van der Waals surface area contributed by atoms with Crippen LogP contribution in [-0.2, 0) is 0 Å². The number of rotatable bonds is 5. The van der Waals surface area contributed by atoms with Crippen LogP contribution in [0.5, 0.6) is 0 Å². The molecular weight excluding hydrogens is 368 g/mol. The number of hydrogen-bond donors (Lipinski definition) is 1. The molecule has 0 atom stereocenters. The Kier molecular flexibility index (Phi) is 5.07. The summed E-state index contributed by atoms with van der Waals surface area (Å²) in [5.74, 6) is -2.59. The number of anilines is 2. The van der Waals surface area contributed by atoms with Crippen LogP contribution in [0.4, 0.5) is 26.0 Å². The Balaban J connectivity index is 2.37. The zero-order valence-corrected chi connectivity index (χ0v) is 12.7. The number of pyridine rings is 1. The fraction of sp³-hybridized carbons (Fsp3) is 0.0833. The molecule has 0 bridgehead atoms. The van der Waals surface area contributed by atoms with E-state index in [9.17, 15) is 18.9 Å². The van der Waals surface area contributed by atoms with Crippen LogP contribution in [-0.4, -0.2) is 15.7 Å². The molecule has 110 valence electrons. The van der Waals surface area contributed by atoms with E-state index in [1.54, 1.807) is 18.2 Å². The third-order valence-corrected chi connectivity index (χ3v) is 3.61. The third kappa shape index (κ3) is 4.11. The number of hydrogen-bond acceptors (Lipinski definition) is 5. The van der Waals surface area contributed by atoms with E-state index in [0.29, 0.717) is 21.9 Å². The van der Waals surface area contributed by atoms with Crippen LogP contribution < -0.4 is 5.32 Å². The molecule has 0 spiro atoms. The number of nitro groups is 1. The molecule has 1 N–H and O–H groups in total. The molecule has 0 aliphatic heterocycles. The van der Waals surface area contributed by atoms with Gasteiger partial charge < -0.3 is 5.32 Å². The van der Waals surface area contributed by atoms with Gasteiger partial charge in [-0.3, -0.25) is 10.1 Å². The maximum Gasteiger partial charge on any atom is 0.312 e. The Labute approximate surface area is 131 Å². The number of alkyl halides is 2. The third-order valence-electron chi connectivity index (χ3n) is 2.39. The molecule has 0 aliphatic carbocycles. The predicted molar refractivity (Wildman–Crippen MR) is 80.2 cm³/mol. The van der Waals surface area contributed by atoms with E-state index in [1.807, 2.05) is 0 Å². The van der Waals surface area contributed by atoms with Crippen molar-refractivity contribution in [1.29, 1.82) is 0 Å². The fourth-order valence-corrected chi connectivity index (χ4v) is 2.47. The van der Waals surface area contributed by atoms with Gasteiger partial charge in [-0.25, -0.2) is 4.98 Å². The second-order valence-corrected chi connectivity index (χ2v) is 5.73. The van der Waals surface area contributed by atoms with Crippen molar-refractivity contribution in [1.82, 2.24) is 4.98 Å². The fourth-order valence-electron chi connectivity index (χ4n) is 1.56. The average molecular weight is 376 g/mol. The van der Waals surface area contributed by atoms with Crippen molar-refractivity contribution in [2.24, 2.45) is 0 Å². The van der Waals surface area contributed by atoms with E-state index in [4.69, 9.17) is 0 Å². The molecule has 0 amide bonds. The van der Waals surface area contributed by atoms with Crippen molar-refractivity contribution in [3.05, 3.63) is 51.1 Å². The summed E-state index contributed by atoms with van der Waals surface area (Å²) in [4.78, 5) is 14.6. The maximum atomic E-state index is 12.5. The lowest BCUT2D eigenvalue weighted by Gasteiger charge is -2.10. The summed E-state index contributed by atoms with van der Waals surface area (Å²) in [5.41, 5.74) is 0.0851. The van der Waals surface area contributed by atoms with Crippen LogP contribution in [0.15, 0.2) is 45.9 Å². The SMILES string of the molecule is O=[N+]([O-])c1cc(Br)cnc1Nc1ccccc1SC(F)F. The van der Waals surface area contributed by atoms with Gasteiger partial charge in [0, 0.05) is 21.6 Å². The summed E-state index contributed by atoms with van der Waals surface area (Å²) >= 11 is 3.46. The van der Waals surface area contributed by atoms with Crippen LogP contribution in [0.3, 0.4) is 0 Å². The monoisotopic (exact) mass is 375 g/mol. The first-order valence-corrected chi connectivity index (χ1v) is 7.25. The van der Waals surface area contributed by atoms with E-state index < -0.39 is 10.7 Å². The van der Waals surface area contributed by atoms with E-state index in [1.165, 1.54) is 18.3 Å². The normalized spacial score (nSPS) is 10.7. The molecule has 1 aromatic carbocycles. The summed E-state index contributed by atoms with van der Waals surface area (Å²) < 4.78 is 25.5. The van der Waals surface area contributed by atoms with Gasteiger partial charge in [-0.05, 0) is 28.1 Å². The molecule has 2 rings (SSSR count). The van der Waals surface area contributed by atoms with Crippen molar-refractivity contribution in [3.63, 3.8) is 0 Å². The van der Waals surface area contributed by atoms with Crippen molar-refractivity contribution < 1.29 is 13.7 Å². The smallest absolute Gasteiger partial charge is 0.312 e. The number of halogens is 3. The highest BCUT2D eigenvalue weighted by Crippen LogP contribution is 2.35. The molecule has 9 heteroatoms. The lowest BCUT2D eigenvalue weighted by Crippen LogP contribution is -2.01. The predicted octanol–water partition coefficient (Wildman–Crippen LogP) is 4.81. The Hall–Kier alpha value is -1.74. The zero-order chi connectivity index (χ0) is 15.4. The van der Waals surface area contributed by atoms with Gasteiger partial charge in [0.1, 0.15) is 0 Å². The molecule has 0 radical (unpaired) electrons. The summed E-state index contributed by atoms with van der Waals surface area (Å²) in [6.45, 7) is 0. The van der Waals surface area contributed by atoms with Gasteiger partial charge in [-0.2, -0.15) is 8.78 Å². The van der Waals surface area contributed by atoms with E-state index >= 15 is 0 Å². The Morgan fingerprint density at radius 2 is 2.10 bits per heavy atom. The number of nitrogens with zero attached hydrogens (tertiary/aromatic N) is 2. The first-order chi connectivity index (χ1) is 9.97. The largest absolute Gasteiger partial charge is 0.334 e. The second-order valence-electron chi connectivity index (χ2n) is 3.78. The molecule has 21 heavy (non-hydrogen) atoms. The zero-order valence-electron chi connectivity index (χ0n) is 10.3. The van der Waals surface area contributed by atoms with Gasteiger partial charge in [0.05, 0.1) is 10.6 Å². The minimum Gasteiger partial charge on any atom is -0.334 e. The van der Waals surface area contributed by atoms with E-state index in [2.05, 4.69) is 26.2 Å². The van der Waals surface area contributed by atoms with Crippen LogP contribution >= 0.6 is 27.7 Å². The van der Waals surface area contributed by atoms with Gasteiger partial charge in [-0.1, -0.05) is 23.9 Å². The molecule has 1 heterocycles. The second kappa shape index (κ2) is 6.81. The van der Waals surface area contributed by atoms with E-state index in [0.717, 1.165) is 0 Å². The standard InChI is InChI=1S/C12H8BrF2N3O2S/c13-7-5-9(18(19)20)11(16-6-7)17-8-3-1-2-4-10(8)21-12(14)15/h1-6,12H,(H,16,17). The highest BCUT2D eigenvalue weighted by molar-refractivity contribution is 9.10. The van der Waals surface area contributed by atoms with Crippen molar-refractivity contribution >= 4 is 44.9 Å². The number of benzene rings is 1. The van der Waals surface area contributed by atoms with Crippen molar-refractivity contribution in [3.8, 4) is 0 Å². The first-order valence-electron chi connectivity index (χ1n) is 5.58. The lowest BCUT2D eigenvalue weighted by atomic mass is 10.3. The van der Waals surface area contributed by atoms with Crippen molar-refractivity contribution in [2.45, 2.75) is 10.7 Å². The molecule has 2 aromatic rings. The van der Waals surface area contributed by atoms with E-state index in [-0.39, 0.29) is 16.4 Å². The molecular formula is C12H8BrF2N3O2S. The average Bonchev–Trinajstić information content (AvgIpc) is 2.42. The molecule has 1 aromatic heterocycles. The minimum atomic E-state index is -2.58. The molecule has 5 nitrogen and oxygen atoms in total. The van der Waals surface area contributed by atoms with Crippen LogP contribution in [0, 0.1) is 10.1 Å². The van der Waals surface area contributed by atoms with Gasteiger partial charge in [0.15, 0.2) is 0 Å². The number of para-hydroxylation sites is 1. The first kappa shape index (κ1) is 15.6. The summed E-state index contributed by atoms with van der Waals surface area (Å²) in [6.07, 6.45) is 1.39. The number of aromatic nitrogens is 1. The highest BCUT2D eigenvalue weighted by atomic mass is 79.9. The molecule has 0 aliphatic rings. The van der Waals surface area contributed by atoms with Crippen LogP contribution in [0.1, 0.15) is 0 Å². The summed E-state index contributed by atoms with van der Waals surface area (Å²) in [5, 5.41) is 13.7. The number of thioether (sulfide) groups is 1. The molecule has 0 saturated heterocycles. The Morgan fingerprint density at radius 1 is 1.38 bits per heavy atom. The number of nitrogens with one attached hydrogen (secondary N) is 1. The van der Waals surface area contributed by atoms with Crippen molar-refractivity contribution in [2.75, 3.05) is 5.32 Å². The maximum absolute atomic E-state index is 12.5. The Bertz CT molecular complexity index is 673. The topological polar surface area (TPSA) is 68.1 Å². The quantitative estimate of drug-likeness (QED) is 0.461. The van der Waals surface area contributed by atoms with Crippen LogP contribution in [0.2, 0.25) is 0 Å².